The topological polar surface area (TPSA) is 67.5 Å². The fraction of sp³-hybridized carbons (Fsp3) is 0.407. The van der Waals surface area contributed by atoms with Crippen LogP contribution in [0.15, 0.2) is 59.2 Å². The molecule has 0 saturated heterocycles. The average Bonchev–Trinajstić information content (AvgIpc) is 3.41. The number of benzene rings is 1. The highest BCUT2D eigenvalue weighted by molar-refractivity contribution is 6.00. The molecular formula is C27H30FN3O3. The number of nitrogens with zero attached hydrogens (tertiary/aromatic N) is 2. The fourth-order valence-electron chi connectivity index (χ4n) is 5.24. The number of fused-ring (bicyclic) bond motifs is 1. The SMILES string of the molecule is C[C@@]1(C(=O)NC2CCCCCC2)Cn2c(ccc2-c2ccco2)C(=O)N1Cc1cccc(F)c1. The molecule has 1 aliphatic carbocycles. The molecule has 1 fully saturated rings. The van der Waals surface area contributed by atoms with Crippen molar-refractivity contribution in [2.24, 2.45) is 0 Å². The van der Waals surface area contributed by atoms with Gasteiger partial charge in [0.1, 0.15) is 22.8 Å². The number of rotatable bonds is 5. The highest BCUT2D eigenvalue weighted by Crippen LogP contribution is 2.34. The molecule has 2 aliphatic rings. The maximum absolute atomic E-state index is 13.9. The van der Waals surface area contributed by atoms with Gasteiger partial charge in [0.2, 0.25) is 5.91 Å². The van der Waals surface area contributed by atoms with E-state index in [-0.39, 0.29) is 36.8 Å². The molecule has 1 aromatic carbocycles. The summed E-state index contributed by atoms with van der Waals surface area (Å²) in [6.07, 6.45) is 8.06. The van der Waals surface area contributed by atoms with Crippen LogP contribution in [-0.2, 0) is 17.9 Å². The van der Waals surface area contributed by atoms with Crippen molar-refractivity contribution in [2.75, 3.05) is 0 Å². The minimum Gasteiger partial charge on any atom is -0.463 e. The zero-order valence-electron chi connectivity index (χ0n) is 19.4. The van der Waals surface area contributed by atoms with Gasteiger partial charge in [-0.2, -0.15) is 0 Å². The Hall–Kier alpha value is -3.35. The van der Waals surface area contributed by atoms with E-state index in [1.54, 1.807) is 35.4 Å². The summed E-state index contributed by atoms with van der Waals surface area (Å²) in [5.41, 5.74) is 0.742. The van der Waals surface area contributed by atoms with Crippen LogP contribution in [0.4, 0.5) is 4.39 Å². The van der Waals surface area contributed by atoms with Gasteiger partial charge >= 0.3 is 0 Å². The Morgan fingerprint density at radius 2 is 1.85 bits per heavy atom. The number of carbonyl (C=O) groups excluding carboxylic acids is 2. The van der Waals surface area contributed by atoms with Crippen LogP contribution in [0.1, 0.15) is 61.5 Å². The molecule has 178 valence electrons. The summed E-state index contributed by atoms with van der Waals surface area (Å²) in [6.45, 7) is 2.24. The van der Waals surface area contributed by atoms with E-state index in [0.717, 1.165) is 31.4 Å². The van der Waals surface area contributed by atoms with Crippen LogP contribution in [-0.4, -0.2) is 32.9 Å². The summed E-state index contributed by atoms with van der Waals surface area (Å²) in [6, 6.07) is 13.6. The lowest BCUT2D eigenvalue weighted by Gasteiger charge is -2.45. The van der Waals surface area contributed by atoms with Crippen LogP contribution in [0.3, 0.4) is 0 Å². The lowest BCUT2D eigenvalue weighted by atomic mass is 9.92. The Bertz CT molecular complexity index is 1180. The molecule has 2 aromatic heterocycles. The molecule has 34 heavy (non-hydrogen) atoms. The molecule has 0 unspecified atom stereocenters. The standard InChI is InChI=1S/C27H30FN3O3/c1-27(26(33)29-21-10-4-2-3-5-11-21)18-30-22(24-12-7-15-34-24)13-14-23(30)25(32)31(27)17-19-8-6-9-20(28)16-19/h6-9,12-16,21H,2-5,10-11,17-18H2,1H3,(H,29,33)/t27-/m0/s1. The lowest BCUT2D eigenvalue weighted by Crippen LogP contribution is -2.64. The van der Waals surface area contributed by atoms with Crippen LogP contribution < -0.4 is 5.32 Å². The van der Waals surface area contributed by atoms with Gasteiger partial charge < -0.3 is 19.2 Å². The first-order valence-electron chi connectivity index (χ1n) is 12.1. The number of halogens is 1. The Morgan fingerprint density at radius 3 is 2.56 bits per heavy atom. The maximum atomic E-state index is 13.9. The van der Waals surface area contributed by atoms with Gasteiger partial charge in [0, 0.05) is 12.6 Å². The zero-order valence-corrected chi connectivity index (χ0v) is 19.4. The Morgan fingerprint density at radius 1 is 1.09 bits per heavy atom. The minimum absolute atomic E-state index is 0.105. The van der Waals surface area contributed by atoms with E-state index < -0.39 is 5.54 Å². The third-order valence-corrected chi connectivity index (χ3v) is 7.19. The van der Waals surface area contributed by atoms with E-state index >= 15 is 0 Å². The van der Waals surface area contributed by atoms with E-state index in [4.69, 9.17) is 4.42 Å². The van der Waals surface area contributed by atoms with Crippen molar-refractivity contribution < 1.29 is 18.4 Å². The Balaban J connectivity index is 1.52. The molecule has 3 heterocycles. The zero-order chi connectivity index (χ0) is 23.7. The number of hydrogen-bond donors (Lipinski definition) is 1. The van der Waals surface area contributed by atoms with Crippen molar-refractivity contribution in [3.05, 3.63) is 71.9 Å². The van der Waals surface area contributed by atoms with E-state index in [9.17, 15) is 14.0 Å². The summed E-state index contributed by atoms with van der Waals surface area (Å²) >= 11 is 0. The van der Waals surface area contributed by atoms with Gasteiger partial charge in [-0.1, -0.05) is 37.8 Å². The summed E-state index contributed by atoms with van der Waals surface area (Å²) in [5.74, 6) is -0.153. The van der Waals surface area contributed by atoms with Crippen molar-refractivity contribution in [1.29, 1.82) is 0 Å². The largest absolute Gasteiger partial charge is 0.463 e. The number of nitrogens with one attached hydrogen (secondary N) is 1. The van der Waals surface area contributed by atoms with Gasteiger partial charge in [0.05, 0.1) is 18.5 Å². The molecule has 0 radical (unpaired) electrons. The van der Waals surface area contributed by atoms with E-state index in [2.05, 4.69) is 5.32 Å². The second-order valence-electron chi connectivity index (χ2n) is 9.62. The lowest BCUT2D eigenvalue weighted by molar-refractivity contribution is -0.134. The molecule has 7 heteroatoms. The summed E-state index contributed by atoms with van der Waals surface area (Å²) < 4.78 is 21.4. The van der Waals surface area contributed by atoms with Crippen LogP contribution >= 0.6 is 0 Å². The first kappa shape index (κ1) is 22.4. The summed E-state index contributed by atoms with van der Waals surface area (Å²) in [5, 5.41) is 3.25. The number of amides is 2. The highest BCUT2D eigenvalue weighted by Gasteiger charge is 2.48. The number of furan rings is 1. The van der Waals surface area contributed by atoms with E-state index in [1.807, 2.05) is 23.6 Å². The van der Waals surface area contributed by atoms with Crippen molar-refractivity contribution >= 4 is 11.8 Å². The molecule has 2 amide bonds. The van der Waals surface area contributed by atoms with Crippen LogP contribution in [0.2, 0.25) is 0 Å². The second-order valence-corrected chi connectivity index (χ2v) is 9.62. The van der Waals surface area contributed by atoms with Crippen LogP contribution in [0, 0.1) is 5.82 Å². The van der Waals surface area contributed by atoms with Crippen LogP contribution in [0.5, 0.6) is 0 Å². The number of carbonyl (C=O) groups is 2. The third-order valence-electron chi connectivity index (χ3n) is 7.19. The summed E-state index contributed by atoms with van der Waals surface area (Å²) in [7, 11) is 0. The van der Waals surface area contributed by atoms with E-state index in [1.165, 1.54) is 25.0 Å². The monoisotopic (exact) mass is 463 g/mol. The normalized spacial score (nSPS) is 21.2. The molecule has 1 N–H and O–H groups in total. The molecule has 5 rings (SSSR count). The van der Waals surface area contributed by atoms with Crippen molar-refractivity contribution in [3.8, 4) is 11.5 Å². The van der Waals surface area contributed by atoms with Crippen LogP contribution in [0.25, 0.3) is 11.5 Å². The van der Waals surface area contributed by atoms with Crippen molar-refractivity contribution in [2.45, 2.75) is 70.1 Å². The van der Waals surface area contributed by atoms with Gasteiger partial charge in [-0.3, -0.25) is 9.59 Å². The Kier molecular flexibility index (Phi) is 6.02. The first-order chi connectivity index (χ1) is 16.5. The fourth-order valence-corrected chi connectivity index (χ4v) is 5.24. The minimum atomic E-state index is -1.15. The molecule has 1 aliphatic heterocycles. The molecule has 1 saturated carbocycles. The van der Waals surface area contributed by atoms with Gasteiger partial charge in [-0.25, -0.2) is 4.39 Å². The average molecular weight is 464 g/mol. The smallest absolute Gasteiger partial charge is 0.271 e. The number of aromatic nitrogens is 1. The quantitative estimate of drug-likeness (QED) is 0.533. The van der Waals surface area contributed by atoms with Crippen molar-refractivity contribution in [3.63, 3.8) is 0 Å². The van der Waals surface area contributed by atoms with Gasteiger partial charge in [-0.15, -0.1) is 0 Å². The van der Waals surface area contributed by atoms with Gasteiger partial charge in [-0.05, 0) is 61.7 Å². The van der Waals surface area contributed by atoms with Crippen molar-refractivity contribution in [1.82, 2.24) is 14.8 Å². The first-order valence-corrected chi connectivity index (χ1v) is 12.1. The maximum Gasteiger partial charge on any atom is 0.271 e. The number of hydrogen-bond acceptors (Lipinski definition) is 3. The predicted octanol–water partition coefficient (Wildman–Crippen LogP) is 5.14. The predicted molar refractivity (Wildman–Crippen MR) is 126 cm³/mol. The molecule has 3 aromatic rings. The molecule has 1 atom stereocenters. The third kappa shape index (κ3) is 4.15. The summed E-state index contributed by atoms with van der Waals surface area (Å²) in [4.78, 5) is 29.2. The van der Waals surface area contributed by atoms with Gasteiger partial charge in [0.15, 0.2) is 0 Å². The second kappa shape index (κ2) is 9.12. The molecular weight excluding hydrogens is 433 g/mol. The molecule has 0 bridgehead atoms. The molecule has 6 nitrogen and oxygen atoms in total. The Labute approximate surface area is 198 Å². The highest BCUT2D eigenvalue weighted by atomic mass is 19.1. The molecule has 0 spiro atoms. The van der Waals surface area contributed by atoms with Gasteiger partial charge in [0.25, 0.3) is 5.91 Å². The van der Waals surface area contributed by atoms with E-state index in [0.29, 0.717) is 17.0 Å².